The lowest BCUT2D eigenvalue weighted by Crippen LogP contribution is -2.39. The molecule has 4 nitrogen and oxygen atoms in total. The maximum absolute atomic E-state index is 12.1. The smallest absolute Gasteiger partial charge is 0.225 e. The van der Waals surface area contributed by atoms with Crippen LogP contribution in [0.3, 0.4) is 0 Å². The Labute approximate surface area is 150 Å². The molecule has 1 atom stereocenters. The summed E-state index contributed by atoms with van der Waals surface area (Å²) in [7, 11) is 0. The van der Waals surface area contributed by atoms with Crippen LogP contribution in [0, 0.1) is 0 Å². The number of hydrogen-bond donors (Lipinski definition) is 1. The Bertz CT molecular complexity index is 661. The van der Waals surface area contributed by atoms with Crippen LogP contribution in [0.2, 0.25) is 0 Å². The van der Waals surface area contributed by atoms with E-state index in [1.807, 2.05) is 42.5 Å². The second kappa shape index (κ2) is 8.42. The lowest BCUT2D eigenvalue weighted by Gasteiger charge is -2.33. The van der Waals surface area contributed by atoms with Crippen LogP contribution < -0.4 is 5.32 Å². The highest BCUT2D eigenvalue weighted by Gasteiger charge is 2.22. The van der Waals surface area contributed by atoms with Crippen LogP contribution in [0.5, 0.6) is 0 Å². The zero-order valence-electron chi connectivity index (χ0n) is 13.5. The van der Waals surface area contributed by atoms with Gasteiger partial charge in [-0.15, -0.1) is 0 Å². The van der Waals surface area contributed by atoms with Crippen molar-refractivity contribution in [3.8, 4) is 0 Å². The third kappa shape index (κ3) is 4.90. The number of benzene rings is 2. The lowest BCUT2D eigenvalue weighted by molar-refractivity contribution is -0.117. The quantitative estimate of drug-likeness (QED) is 0.845. The zero-order chi connectivity index (χ0) is 16.8. The van der Waals surface area contributed by atoms with Gasteiger partial charge in [0.2, 0.25) is 5.91 Å². The van der Waals surface area contributed by atoms with Gasteiger partial charge in [0, 0.05) is 36.2 Å². The summed E-state index contributed by atoms with van der Waals surface area (Å²) in [6, 6.07) is 17.8. The van der Waals surface area contributed by atoms with Crippen LogP contribution in [-0.2, 0) is 9.53 Å². The number of halogens is 1. The molecule has 3 rings (SSSR count). The first-order chi connectivity index (χ1) is 11.7. The average Bonchev–Trinajstić information content (AvgIpc) is 2.62. The predicted molar refractivity (Wildman–Crippen MR) is 99.0 cm³/mol. The molecule has 2 aromatic carbocycles. The molecule has 1 N–H and O–H groups in total. The molecule has 0 spiro atoms. The van der Waals surface area contributed by atoms with Crippen LogP contribution >= 0.6 is 15.9 Å². The first-order valence-corrected chi connectivity index (χ1v) is 8.94. The Morgan fingerprint density at radius 1 is 1.17 bits per heavy atom. The highest BCUT2D eigenvalue weighted by molar-refractivity contribution is 9.10. The summed E-state index contributed by atoms with van der Waals surface area (Å²) in [4.78, 5) is 14.4. The van der Waals surface area contributed by atoms with E-state index in [1.54, 1.807) is 0 Å². The van der Waals surface area contributed by atoms with Gasteiger partial charge >= 0.3 is 0 Å². The fourth-order valence-corrected chi connectivity index (χ4v) is 3.05. The Balaban J connectivity index is 1.48. The Kier molecular flexibility index (Phi) is 6.01. The first kappa shape index (κ1) is 17.1. The van der Waals surface area contributed by atoms with Crippen molar-refractivity contribution in [2.75, 3.05) is 31.6 Å². The molecule has 1 unspecified atom stereocenters. The predicted octanol–water partition coefficient (Wildman–Crippen LogP) is 3.85. The molecular formula is C19H21BrN2O2. The molecule has 1 saturated heterocycles. The first-order valence-electron chi connectivity index (χ1n) is 8.15. The number of nitrogens with one attached hydrogen (secondary N) is 1. The maximum atomic E-state index is 12.1. The molecule has 0 aliphatic carbocycles. The molecule has 0 saturated carbocycles. The minimum atomic E-state index is 0.0490. The number of nitrogens with zero attached hydrogens (tertiary/aromatic N) is 1. The molecule has 2 aromatic rings. The van der Waals surface area contributed by atoms with Crippen molar-refractivity contribution in [1.29, 1.82) is 0 Å². The minimum Gasteiger partial charge on any atom is -0.371 e. The topological polar surface area (TPSA) is 41.6 Å². The largest absolute Gasteiger partial charge is 0.371 e. The van der Waals surface area contributed by atoms with Gasteiger partial charge in [-0.2, -0.15) is 0 Å². The van der Waals surface area contributed by atoms with E-state index in [4.69, 9.17) is 4.74 Å². The van der Waals surface area contributed by atoms with E-state index < -0.39 is 0 Å². The van der Waals surface area contributed by atoms with E-state index >= 15 is 0 Å². The monoisotopic (exact) mass is 388 g/mol. The fourth-order valence-electron chi connectivity index (χ4n) is 2.79. The number of amides is 1. The number of hydrogen-bond acceptors (Lipinski definition) is 3. The molecule has 1 aliphatic rings. The summed E-state index contributed by atoms with van der Waals surface area (Å²) in [5.74, 6) is 0.0490. The van der Waals surface area contributed by atoms with Gasteiger partial charge in [0.05, 0.1) is 12.7 Å². The van der Waals surface area contributed by atoms with Gasteiger partial charge in [-0.1, -0.05) is 46.3 Å². The van der Waals surface area contributed by atoms with E-state index in [-0.39, 0.29) is 12.0 Å². The Morgan fingerprint density at radius 3 is 2.67 bits per heavy atom. The summed E-state index contributed by atoms with van der Waals surface area (Å²) >= 11 is 3.45. The summed E-state index contributed by atoms with van der Waals surface area (Å²) in [5.41, 5.74) is 2.02. The van der Waals surface area contributed by atoms with Gasteiger partial charge in [0.1, 0.15) is 0 Å². The number of morpholine rings is 1. The van der Waals surface area contributed by atoms with Gasteiger partial charge in [0.25, 0.3) is 0 Å². The molecule has 126 valence electrons. The third-order valence-corrected chi connectivity index (χ3v) is 4.63. The minimum absolute atomic E-state index is 0.0490. The summed E-state index contributed by atoms with van der Waals surface area (Å²) < 4.78 is 6.95. The fraction of sp³-hybridized carbons (Fsp3) is 0.316. The van der Waals surface area contributed by atoms with E-state index in [1.165, 1.54) is 5.56 Å². The van der Waals surface area contributed by atoms with Crippen molar-refractivity contribution in [1.82, 2.24) is 4.90 Å². The van der Waals surface area contributed by atoms with Crippen molar-refractivity contribution >= 4 is 27.5 Å². The summed E-state index contributed by atoms with van der Waals surface area (Å²) in [6.45, 7) is 3.13. The lowest BCUT2D eigenvalue weighted by atomic mass is 10.1. The second-order valence-electron chi connectivity index (χ2n) is 5.88. The maximum Gasteiger partial charge on any atom is 0.225 e. The third-order valence-electron chi connectivity index (χ3n) is 4.11. The van der Waals surface area contributed by atoms with Gasteiger partial charge in [0.15, 0.2) is 0 Å². The zero-order valence-corrected chi connectivity index (χ0v) is 15.0. The number of carbonyl (C=O) groups is 1. The van der Waals surface area contributed by atoms with E-state index in [0.29, 0.717) is 13.0 Å². The Hall–Kier alpha value is -1.69. The molecule has 0 bridgehead atoms. The van der Waals surface area contributed by atoms with Crippen LogP contribution in [0.4, 0.5) is 5.69 Å². The van der Waals surface area contributed by atoms with Gasteiger partial charge < -0.3 is 10.1 Å². The van der Waals surface area contributed by atoms with Crippen LogP contribution in [0.25, 0.3) is 0 Å². The normalized spacial score (nSPS) is 18.3. The number of rotatable bonds is 5. The molecule has 1 fully saturated rings. The molecule has 0 aromatic heterocycles. The average molecular weight is 389 g/mol. The summed E-state index contributed by atoms with van der Waals surface area (Å²) in [6.07, 6.45) is 0.561. The highest BCUT2D eigenvalue weighted by Crippen LogP contribution is 2.23. The van der Waals surface area contributed by atoms with Gasteiger partial charge in [-0.25, -0.2) is 0 Å². The van der Waals surface area contributed by atoms with Crippen LogP contribution in [0.15, 0.2) is 59.1 Å². The Morgan fingerprint density at radius 2 is 1.92 bits per heavy atom. The van der Waals surface area contributed by atoms with Gasteiger partial charge in [-0.05, 0) is 29.8 Å². The molecular weight excluding hydrogens is 368 g/mol. The SMILES string of the molecule is O=C(CCN1CCOC(c2ccc(Br)cc2)C1)Nc1ccccc1. The van der Waals surface area contributed by atoms with Crippen LogP contribution in [-0.4, -0.2) is 37.0 Å². The number of carbonyl (C=O) groups excluding carboxylic acids is 1. The summed E-state index contributed by atoms with van der Waals surface area (Å²) in [5, 5.41) is 2.93. The molecule has 1 heterocycles. The molecule has 0 radical (unpaired) electrons. The van der Waals surface area contributed by atoms with E-state index in [2.05, 4.69) is 38.3 Å². The standard InChI is InChI=1S/C19H21BrN2O2/c20-16-8-6-15(7-9-16)18-14-22(12-13-24-18)11-10-19(23)21-17-4-2-1-3-5-17/h1-9,18H,10-14H2,(H,21,23). The second-order valence-corrected chi connectivity index (χ2v) is 6.79. The van der Waals surface area contributed by atoms with Gasteiger partial charge in [-0.3, -0.25) is 9.69 Å². The number of para-hydroxylation sites is 1. The molecule has 1 aliphatic heterocycles. The van der Waals surface area contributed by atoms with Crippen molar-refractivity contribution in [2.45, 2.75) is 12.5 Å². The van der Waals surface area contributed by atoms with Crippen LogP contribution in [0.1, 0.15) is 18.1 Å². The van der Waals surface area contributed by atoms with Crippen molar-refractivity contribution in [2.24, 2.45) is 0 Å². The molecule has 1 amide bonds. The number of ether oxygens (including phenoxy) is 1. The van der Waals surface area contributed by atoms with Crippen molar-refractivity contribution < 1.29 is 9.53 Å². The highest BCUT2D eigenvalue weighted by atomic mass is 79.9. The van der Waals surface area contributed by atoms with E-state index in [9.17, 15) is 4.79 Å². The van der Waals surface area contributed by atoms with Crippen molar-refractivity contribution in [3.05, 3.63) is 64.6 Å². The number of anilines is 1. The molecule has 5 heteroatoms. The van der Waals surface area contributed by atoms with E-state index in [0.717, 1.165) is 29.8 Å². The van der Waals surface area contributed by atoms with Crippen molar-refractivity contribution in [3.63, 3.8) is 0 Å². The molecule has 24 heavy (non-hydrogen) atoms.